The van der Waals surface area contributed by atoms with Gasteiger partial charge in [0, 0.05) is 24.7 Å². The largest absolute Gasteiger partial charge is 0.495 e. The zero-order valence-corrected chi connectivity index (χ0v) is 23.4. The lowest BCUT2D eigenvalue weighted by molar-refractivity contribution is -0.122. The Morgan fingerprint density at radius 2 is 1.82 bits per heavy atom. The van der Waals surface area contributed by atoms with Gasteiger partial charge in [0.25, 0.3) is 11.8 Å². The van der Waals surface area contributed by atoms with Gasteiger partial charge in [-0.2, -0.15) is 4.98 Å². The van der Waals surface area contributed by atoms with Crippen LogP contribution >= 0.6 is 0 Å². The SMILES string of the molecule is C#C.COc1cc(C(=O)NC2CCN(C)CC2)ccc1Nc1ncc2c(n1)N(C1CCCC1)CC(F)C(=O)N2C. The first kappa shape index (κ1) is 29.1. The number of hydrogen-bond donors (Lipinski definition) is 2. The smallest absolute Gasteiger partial charge is 0.263 e. The molecule has 3 aliphatic rings. The number of nitrogens with zero attached hydrogens (tertiary/aromatic N) is 5. The molecular weight excluding hydrogens is 513 g/mol. The minimum atomic E-state index is -1.63. The molecule has 1 atom stereocenters. The molecule has 2 amide bonds. The molecule has 1 aromatic carbocycles. The van der Waals surface area contributed by atoms with E-state index < -0.39 is 12.1 Å². The van der Waals surface area contributed by atoms with Crippen LogP contribution in [0.5, 0.6) is 5.75 Å². The molecule has 10 nitrogen and oxygen atoms in total. The number of halogens is 1. The fourth-order valence-corrected chi connectivity index (χ4v) is 5.56. The Bertz CT molecular complexity index is 1230. The molecule has 11 heteroatoms. The number of piperidine rings is 1. The Balaban J connectivity index is 0.00000181. The van der Waals surface area contributed by atoms with Crippen LogP contribution in [0.15, 0.2) is 24.4 Å². The predicted octanol–water partition coefficient (Wildman–Crippen LogP) is 3.37. The molecule has 0 bridgehead atoms. The summed E-state index contributed by atoms with van der Waals surface area (Å²) in [4.78, 5) is 40.1. The number of amides is 2. The fourth-order valence-electron chi connectivity index (χ4n) is 5.56. The van der Waals surface area contributed by atoms with Gasteiger partial charge in [0.2, 0.25) is 5.95 Å². The number of rotatable bonds is 6. The van der Waals surface area contributed by atoms with Crippen LogP contribution in [0.1, 0.15) is 48.9 Å². The second-order valence-corrected chi connectivity index (χ2v) is 10.4. The summed E-state index contributed by atoms with van der Waals surface area (Å²) in [6.45, 7) is 1.90. The number of ether oxygens (including phenoxy) is 1. The number of hydrogen-bond acceptors (Lipinski definition) is 8. The van der Waals surface area contributed by atoms with E-state index in [9.17, 15) is 14.0 Å². The average Bonchev–Trinajstić information content (AvgIpc) is 3.49. The zero-order chi connectivity index (χ0) is 28.8. The molecule has 5 rings (SSSR count). The molecule has 0 spiro atoms. The van der Waals surface area contributed by atoms with E-state index in [2.05, 4.69) is 40.4 Å². The number of carbonyl (C=O) groups excluding carboxylic acids is 2. The summed E-state index contributed by atoms with van der Waals surface area (Å²) in [5.74, 6) is 0.590. The molecule has 214 valence electrons. The molecular formula is C29H38FN7O3. The number of nitrogens with one attached hydrogen (secondary N) is 2. The summed E-state index contributed by atoms with van der Waals surface area (Å²) in [6, 6.07) is 5.49. The highest BCUT2D eigenvalue weighted by molar-refractivity contribution is 6.00. The Labute approximate surface area is 235 Å². The van der Waals surface area contributed by atoms with Gasteiger partial charge in [0.05, 0.1) is 25.5 Å². The number of fused-ring (bicyclic) bond motifs is 1. The Kier molecular flexibility index (Phi) is 9.42. The highest BCUT2D eigenvalue weighted by Gasteiger charge is 2.37. The van der Waals surface area contributed by atoms with Crippen LogP contribution in [0.25, 0.3) is 0 Å². The Morgan fingerprint density at radius 1 is 1.12 bits per heavy atom. The molecule has 2 aromatic rings. The second kappa shape index (κ2) is 13.0. The highest BCUT2D eigenvalue weighted by Crippen LogP contribution is 2.37. The Morgan fingerprint density at radius 3 is 2.50 bits per heavy atom. The van der Waals surface area contributed by atoms with E-state index in [-0.39, 0.29) is 24.5 Å². The molecule has 40 heavy (non-hydrogen) atoms. The van der Waals surface area contributed by atoms with Crippen LogP contribution in [0, 0.1) is 12.8 Å². The maximum Gasteiger partial charge on any atom is 0.263 e. The third kappa shape index (κ3) is 6.28. The van der Waals surface area contributed by atoms with Crippen molar-refractivity contribution in [2.75, 3.05) is 56.0 Å². The van der Waals surface area contributed by atoms with Crippen LogP contribution in [0.3, 0.4) is 0 Å². The predicted molar refractivity (Wildman–Crippen MR) is 154 cm³/mol. The normalized spacial score (nSPS) is 20.2. The number of alkyl halides is 1. The summed E-state index contributed by atoms with van der Waals surface area (Å²) in [6.07, 6.45) is 13.8. The van der Waals surface area contributed by atoms with E-state index >= 15 is 0 Å². The first-order valence-electron chi connectivity index (χ1n) is 13.7. The maximum absolute atomic E-state index is 14.8. The molecule has 2 aliphatic heterocycles. The first-order valence-corrected chi connectivity index (χ1v) is 13.7. The van der Waals surface area contributed by atoms with Gasteiger partial charge in [-0.25, -0.2) is 9.37 Å². The van der Waals surface area contributed by atoms with Crippen molar-refractivity contribution in [3.05, 3.63) is 30.0 Å². The van der Waals surface area contributed by atoms with Crippen molar-refractivity contribution in [2.45, 2.75) is 56.8 Å². The number of carbonyl (C=O) groups is 2. The lowest BCUT2D eigenvalue weighted by Gasteiger charge is -2.30. The van der Waals surface area contributed by atoms with Crippen LogP contribution < -0.4 is 25.2 Å². The van der Waals surface area contributed by atoms with Crippen LogP contribution in [0.4, 0.5) is 27.5 Å². The van der Waals surface area contributed by atoms with E-state index in [1.807, 2.05) is 4.90 Å². The molecule has 1 saturated heterocycles. The van der Waals surface area contributed by atoms with E-state index in [1.54, 1.807) is 38.6 Å². The van der Waals surface area contributed by atoms with Crippen molar-refractivity contribution in [3.8, 4) is 18.6 Å². The van der Waals surface area contributed by atoms with Gasteiger partial charge in [-0.15, -0.1) is 12.8 Å². The number of anilines is 4. The van der Waals surface area contributed by atoms with Crippen molar-refractivity contribution >= 4 is 35.0 Å². The molecule has 3 heterocycles. The topological polar surface area (TPSA) is 103 Å². The monoisotopic (exact) mass is 551 g/mol. The zero-order valence-electron chi connectivity index (χ0n) is 23.4. The van der Waals surface area contributed by atoms with Crippen molar-refractivity contribution in [2.24, 2.45) is 0 Å². The molecule has 1 aliphatic carbocycles. The van der Waals surface area contributed by atoms with Gasteiger partial charge in [0.1, 0.15) is 11.4 Å². The summed E-state index contributed by atoms with van der Waals surface area (Å²) in [5.41, 5.74) is 1.59. The lowest BCUT2D eigenvalue weighted by Crippen LogP contribution is -2.43. The van der Waals surface area contributed by atoms with Gasteiger partial charge in [-0.1, -0.05) is 12.8 Å². The minimum absolute atomic E-state index is 0.0261. The van der Waals surface area contributed by atoms with E-state index in [4.69, 9.17) is 9.72 Å². The Hall–Kier alpha value is -3.91. The standard InChI is InChI=1S/C27H36FN7O3.C2H2/c1-33-12-10-18(11-13-33)30-25(36)17-8-9-21(23(14-17)38-3)31-27-29-15-22-24(32-27)35(19-6-4-5-7-19)16-20(28)26(37)34(22)2;1-2/h8-9,14-15,18-20H,4-7,10-13,16H2,1-3H3,(H,30,36)(H,29,31,32);1-2H. The molecule has 2 N–H and O–H groups in total. The molecule has 1 aromatic heterocycles. The molecule has 1 unspecified atom stereocenters. The third-order valence-electron chi connectivity index (χ3n) is 7.87. The van der Waals surface area contributed by atoms with Crippen molar-refractivity contribution in [3.63, 3.8) is 0 Å². The van der Waals surface area contributed by atoms with Gasteiger partial charge in [-0.3, -0.25) is 9.59 Å². The van der Waals surface area contributed by atoms with E-state index in [1.165, 1.54) is 4.90 Å². The van der Waals surface area contributed by atoms with Crippen molar-refractivity contribution in [1.29, 1.82) is 0 Å². The van der Waals surface area contributed by atoms with Gasteiger partial charge < -0.3 is 30.1 Å². The number of likely N-dealkylation sites (tertiary alicyclic amines) is 1. The van der Waals surface area contributed by atoms with Crippen LogP contribution in [0.2, 0.25) is 0 Å². The van der Waals surface area contributed by atoms with Gasteiger partial charge in [0.15, 0.2) is 12.0 Å². The van der Waals surface area contributed by atoms with E-state index in [0.29, 0.717) is 34.5 Å². The maximum atomic E-state index is 14.8. The summed E-state index contributed by atoms with van der Waals surface area (Å²) >= 11 is 0. The van der Waals surface area contributed by atoms with Crippen molar-refractivity contribution < 1.29 is 18.7 Å². The number of terminal acetylenes is 1. The highest BCUT2D eigenvalue weighted by atomic mass is 19.1. The number of aromatic nitrogens is 2. The van der Waals surface area contributed by atoms with Gasteiger partial charge >= 0.3 is 0 Å². The minimum Gasteiger partial charge on any atom is -0.495 e. The number of methoxy groups -OCH3 is 1. The van der Waals surface area contributed by atoms with E-state index in [0.717, 1.165) is 51.6 Å². The lowest BCUT2D eigenvalue weighted by atomic mass is 10.0. The fraction of sp³-hybridized carbons (Fsp3) is 0.517. The van der Waals surface area contributed by atoms with Crippen molar-refractivity contribution in [1.82, 2.24) is 20.2 Å². The van der Waals surface area contributed by atoms with Crippen LogP contribution in [-0.4, -0.2) is 85.8 Å². The average molecular weight is 552 g/mol. The second-order valence-electron chi connectivity index (χ2n) is 10.4. The summed E-state index contributed by atoms with van der Waals surface area (Å²) in [5, 5.41) is 6.31. The third-order valence-corrected chi connectivity index (χ3v) is 7.87. The van der Waals surface area contributed by atoms with Crippen LogP contribution in [-0.2, 0) is 4.79 Å². The summed E-state index contributed by atoms with van der Waals surface area (Å²) < 4.78 is 20.4. The summed E-state index contributed by atoms with van der Waals surface area (Å²) in [7, 11) is 5.19. The molecule has 0 radical (unpaired) electrons. The molecule has 1 saturated carbocycles. The quantitative estimate of drug-likeness (QED) is 0.527. The van der Waals surface area contributed by atoms with Gasteiger partial charge in [-0.05, 0) is 64.0 Å². The number of benzene rings is 1. The first-order chi connectivity index (χ1) is 19.3. The molecule has 2 fully saturated rings.